The molecular formula is C24H21N5O. The van der Waals surface area contributed by atoms with Gasteiger partial charge in [0.15, 0.2) is 5.82 Å². The van der Waals surface area contributed by atoms with E-state index in [1.165, 1.54) is 5.56 Å². The highest BCUT2D eigenvalue weighted by Gasteiger charge is 2.15. The standard InChI is InChI=1S/C24H21N5O/c1-14-8-16(3)23-20(9-14)15(2)10-21(26-23)29-22(11-17(4)28-29)27-24(30)19-7-5-6-18(12-19)13-25/h5-12H,1-4H3,(H,27,30). The molecule has 2 aromatic heterocycles. The average Bonchev–Trinajstić information content (AvgIpc) is 3.08. The summed E-state index contributed by atoms with van der Waals surface area (Å²) in [6.07, 6.45) is 0. The first-order chi connectivity index (χ1) is 14.4. The quantitative estimate of drug-likeness (QED) is 0.541. The maximum absolute atomic E-state index is 12.8. The lowest BCUT2D eigenvalue weighted by Crippen LogP contribution is -2.16. The molecule has 0 bridgehead atoms. The zero-order valence-electron chi connectivity index (χ0n) is 17.3. The SMILES string of the molecule is Cc1cc(C)c2nc(-n3nc(C)cc3NC(=O)c3cccc(C#N)c3)cc(C)c2c1. The minimum absolute atomic E-state index is 0.308. The lowest BCUT2D eigenvalue weighted by Gasteiger charge is -2.12. The van der Waals surface area contributed by atoms with Crippen LogP contribution in [-0.2, 0) is 0 Å². The largest absolute Gasteiger partial charge is 0.306 e. The molecule has 4 rings (SSSR count). The second-order valence-corrected chi connectivity index (χ2v) is 7.50. The van der Waals surface area contributed by atoms with Crippen LogP contribution in [0.3, 0.4) is 0 Å². The molecule has 1 amide bonds. The summed E-state index contributed by atoms with van der Waals surface area (Å²) in [6.45, 7) is 8.04. The van der Waals surface area contributed by atoms with Gasteiger partial charge in [0, 0.05) is 17.0 Å². The summed E-state index contributed by atoms with van der Waals surface area (Å²) in [7, 11) is 0. The predicted molar refractivity (Wildman–Crippen MR) is 117 cm³/mol. The van der Waals surface area contributed by atoms with Crippen molar-refractivity contribution in [1.82, 2.24) is 14.8 Å². The summed E-state index contributed by atoms with van der Waals surface area (Å²) in [5, 5.41) is 17.6. The van der Waals surface area contributed by atoms with E-state index in [1.807, 2.05) is 26.8 Å². The van der Waals surface area contributed by atoms with Crippen LogP contribution in [0, 0.1) is 39.0 Å². The molecule has 6 nitrogen and oxygen atoms in total. The Morgan fingerprint density at radius 3 is 2.60 bits per heavy atom. The van der Waals surface area contributed by atoms with Gasteiger partial charge >= 0.3 is 0 Å². The minimum Gasteiger partial charge on any atom is -0.306 e. The van der Waals surface area contributed by atoms with Crippen LogP contribution in [0.15, 0.2) is 48.5 Å². The first-order valence-electron chi connectivity index (χ1n) is 9.63. The van der Waals surface area contributed by atoms with Crippen molar-refractivity contribution in [1.29, 1.82) is 5.26 Å². The molecule has 0 fully saturated rings. The third kappa shape index (κ3) is 3.53. The van der Waals surface area contributed by atoms with Crippen molar-refractivity contribution in [3.8, 4) is 11.9 Å². The van der Waals surface area contributed by atoms with E-state index in [1.54, 1.807) is 35.0 Å². The van der Waals surface area contributed by atoms with Crippen LogP contribution >= 0.6 is 0 Å². The van der Waals surface area contributed by atoms with Gasteiger partial charge in [0.05, 0.1) is 22.8 Å². The number of hydrogen-bond acceptors (Lipinski definition) is 4. The van der Waals surface area contributed by atoms with Gasteiger partial charge in [0.2, 0.25) is 0 Å². The van der Waals surface area contributed by atoms with E-state index < -0.39 is 0 Å². The molecule has 2 aromatic carbocycles. The highest BCUT2D eigenvalue weighted by atomic mass is 16.1. The van der Waals surface area contributed by atoms with Gasteiger partial charge in [0.1, 0.15) is 5.82 Å². The molecule has 0 radical (unpaired) electrons. The Bertz CT molecular complexity index is 1340. The normalized spacial score (nSPS) is 10.8. The minimum atomic E-state index is -0.308. The third-order valence-electron chi connectivity index (χ3n) is 4.99. The molecule has 2 heterocycles. The van der Waals surface area contributed by atoms with E-state index in [0.717, 1.165) is 27.7 Å². The zero-order chi connectivity index (χ0) is 21.4. The van der Waals surface area contributed by atoms with E-state index in [-0.39, 0.29) is 5.91 Å². The Morgan fingerprint density at radius 1 is 1.03 bits per heavy atom. The van der Waals surface area contributed by atoms with Crippen molar-refractivity contribution in [3.05, 3.63) is 82.0 Å². The molecule has 0 saturated carbocycles. The molecule has 0 aliphatic heterocycles. The fraction of sp³-hybridized carbons (Fsp3) is 0.167. The maximum atomic E-state index is 12.8. The smallest absolute Gasteiger partial charge is 0.256 e. The lowest BCUT2D eigenvalue weighted by molar-refractivity contribution is 0.102. The van der Waals surface area contributed by atoms with Crippen molar-refractivity contribution in [2.45, 2.75) is 27.7 Å². The number of pyridine rings is 1. The van der Waals surface area contributed by atoms with E-state index in [2.05, 4.69) is 35.5 Å². The van der Waals surface area contributed by atoms with Gasteiger partial charge in [0.25, 0.3) is 5.91 Å². The number of nitrogens with zero attached hydrogens (tertiary/aromatic N) is 4. The van der Waals surface area contributed by atoms with Gasteiger partial charge in [-0.3, -0.25) is 4.79 Å². The number of amides is 1. The number of rotatable bonds is 3. The van der Waals surface area contributed by atoms with Crippen LogP contribution in [-0.4, -0.2) is 20.7 Å². The number of carbonyl (C=O) groups is 1. The molecule has 0 atom stereocenters. The zero-order valence-corrected chi connectivity index (χ0v) is 17.3. The Kier molecular flexibility index (Phi) is 4.80. The molecule has 1 N–H and O–H groups in total. The number of carbonyl (C=O) groups excluding carboxylic acids is 1. The van der Waals surface area contributed by atoms with Gasteiger partial charge in [-0.25, -0.2) is 4.98 Å². The molecule has 0 aliphatic carbocycles. The number of aryl methyl sites for hydroxylation is 4. The number of nitriles is 1. The van der Waals surface area contributed by atoms with Crippen molar-refractivity contribution >= 4 is 22.6 Å². The third-order valence-corrected chi connectivity index (χ3v) is 4.99. The van der Waals surface area contributed by atoms with E-state index in [9.17, 15) is 4.79 Å². The first-order valence-corrected chi connectivity index (χ1v) is 9.63. The summed E-state index contributed by atoms with van der Waals surface area (Å²) in [5.74, 6) is 0.856. The van der Waals surface area contributed by atoms with Gasteiger partial charge in [-0.15, -0.1) is 0 Å². The fourth-order valence-corrected chi connectivity index (χ4v) is 3.62. The van der Waals surface area contributed by atoms with E-state index >= 15 is 0 Å². The molecule has 6 heteroatoms. The summed E-state index contributed by atoms with van der Waals surface area (Å²) < 4.78 is 1.65. The van der Waals surface area contributed by atoms with Crippen molar-refractivity contribution in [3.63, 3.8) is 0 Å². The molecular weight excluding hydrogens is 374 g/mol. The van der Waals surface area contributed by atoms with Crippen molar-refractivity contribution in [2.24, 2.45) is 0 Å². The summed E-state index contributed by atoms with van der Waals surface area (Å²) in [5.41, 5.74) is 5.91. The first kappa shape index (κ1) is 19.3. The molecule has 0 aliphatic rings. The molecule has 0 unspecified atom stereocenters. The fourth-order valence-electron chi connectivity index (χ4n) is 3.62. The van der Waals surface area contributed by atoms with E-state index in [4.69, 9.17) is 10.2 Å². The van der Waals surface area contributed by atoms with Crippen molar-refractivity contribution in [2.75, 3.05) is 5.32 Å². The van der Waals surface area contributed by atoms with Crippen LogP contribution in [0.4, 0.5) is 5.82 Å². The van der Waals surface area contributed by atoms with Crippen LogP contribution in [0.1, 0.15) is 38.3 Å². The number of nitrogens with one attached hydrogen (secondary N) is 1. The highest BCUT2D eigenvalue weighted by Crippen LogP contribution is 2.26. The number of benzene rings is 2. The topological polar surface area (TPSA) is 83.6 Å². The van der Waals surface area contributed by atoms with Gasteiger partial charge in [-0.1, -0.05) is 17.7 Å². The van der Waals surface area contributed by atoms with Crippen LogP contribution in [0.2, 0.25) is 0 Å². The Hall–Kier alpha value is -3.98. The van der Waals surface area contributed by atoms with E-state index in [0.29, 0.717) is 22.8 Å². The summed E-state index contributed by atoms with van der Waals surface area (Å²) in [4.78, 5) is 17.6. The second-order valence-electron chi connectivity index (χ2n) is 7.50. The Labute approximate surface area is 174 Å². The average molecular weight is 395 g/mol. The van der Waals surface area contributed by atoms with Gasteiger partial charge < -0.3 is 5.32 Å². The predicted octanol–water partition coefficient (Wildman–Crippen LogP) is 4.78. The number of aromatic nitrogens is 3. The van der Waals surface area contributed by atoms with Crippen LogP contribution < -0.4 is 5.32 Å². The highest BCUT2D eigenvalue weighted by molar-refractivity contribution is 6.04. The van der Waals surface area contributed by atoms with Gasteiger partial charge in [-0.2, -0.15) is 15.0 Å². The Morgan fingerprint density at radius 2 is 1.83 bits per heavy atom. The molecule has 30 heavy (non-hydrogen) atoms. The molecule has 0 saturated heterocycles. The van der Waals surface area contributed by atoms with Gasteiger partial charge in [-0.05, 0) is 69.2 Å². The van der Waals surface area contributed by atoms with Crippen molar-refractivity contribution < 1.29 is 4.79 Å². The summed E-state index contributed by atoms with van der Waals surface area (Å²) in [6, 6.07) is 16.7. The maximum Gasteiger partial charge on any atom is 0.256 e. The molecule has 148 valence electrons. The number of hydrogen-bond donors (Lipinski definition) is 1. The number of fused-ring (bicyclic) bond motifs is 1. The molecule has 0 spiro atoms. The Balaban J connectivity index is 1.77. The lowest BCUT2D eigenvalue weighted by atomic mass is 10.0. The number of anilines is 1. The van der Waals surface area contributed by atoms with Crippen LogP contribution in [0.5, 0.6) is 0 Å². The molecule has 4 aromatic rings. The summed E-state index contributed by atoms with van der Waals surface area (Å²) >= 11 is 0. The monoisotopic (exact) mass is 395 g/mol. The second kappa shape index (κ2) is 7.45. The van der Waals surface area contributed by atoms with Crippen LogP contribution in [0.25, 0.3) is 16.7 Å².